The number of nitrogens with one attached hydrogen (secondary N) is 1. The lowest BCUT2D eigenvalue weighted by atomic mass is 9.85. The van der Waals surface area contributed by atoms with Crippen LogP contribution in [0.3, 0.4) is 0 Å². The zero-order chi connectivity index (χ0) is 12.3. The second-order valence-electron chi connectivity index (χ2n) is 4.41. The van der Waals surface area contributed by atoms with Gasteiger partial charge >= 0.3 is 0 Å². The van der Waals surface area contributed by atoms with Gasteiger partial charge in [-0.15, -0.1) is 0 Å². The van der Waals surface area contributed by atoms with Crippen LogP contribution in [0.25, 0.3) is 0 Å². The van der Waals surface area contributed by atoms with Crippen molar-refractivity contribution in [1.82, 2.24) is 0 Å². The summed E-state index contributed by atoms with van der Waals surface area (Å²) in [5.74, 6) is -4.62. The molecule has 0 heterocycles. The van der Waals surface area contributed by atoms with Crippen molar-refractivity contribution in [2.45, 2.75) is 31.6 Å². The molecule has 1 aromatic rings. The zero-order valence-corrected chi connectivity index (χ0v) is 9.46. The standard InChI is InChI=1S/C13H15F2NO/c14-13(15)9-5-4-8-11(13)12(17)16-10-6-2-1-3-7-10/h1-3,6-7,11H,4-5,8-9H2,(H,16,17). The summed E-state index contributed by atoms with van der Waals surface area (Å²) in [5.41, 5.74) is 0.568. The molecular weight excluding hydrogens is 224 g/mol. The molecule has 0 aliphatic heterocycles. The van der Waals surface area contributed by atoms with E-state index in [9.17, 15) is 13.6 Å². The van der Waals surface area contributed by atoms with Crippen LogP contribution in [-0.2, 0) is 4.79 Å². The lowest BCUT2D eigenvalue weighted by Gasteiger charge is -2.30. The topological polar surface area (TPSA) is 29.1 Å². The van der Waals surface area contributed by atoms with E-state index >= 15 is 0 Å². The Labute approximate surface area is 99.0 Å². The number of carbonyl (C=O) groups is 1. The molecule has 0 spiro atoms. The maximum atomic E-state index is 13.6. The molecule has 2 nitrogen and oxygen atoms in total. The first-order valence-electron chi connectivity index (χ1n) is 5.83. The van der Waals surface area contributed by atoms with Crippen LogP contribution in [0.5, 0.6) is 0 Å². The number of benzene rings is 1. The smallest absolute Gasteiger partial charge is 0.259 e. The molecule has 1 aliphatic rings. The first-order valence-corrected chi connectivity index (χ1v) is 5.83. The highest BCUT2D eigenvalue weighted by Gasteiger charge is 2.45. The van der Waals surface area contributed by atoms with Crippen molar-refractivity contribution in [3.8, 4) is 0 Å². The van der Waals surface area contributed by atoms with Crippen LogP contribution in [-0.4, -0.2) is 11.8 Å². The number of hydrogen-bond donors (Lipinski definition) is 1. The summed E-state index contributed by atoms with van der Waals surface area (Å²) in [6.45, 7) is 0. The van der Waals surface area contributed by atoms with Crippen LogP contribution < -0.4 is 5.32 Å². The number of alkyl halides is 2. The van der Waals surface area contributed by atoms with Crippen LogP contribution in [0.2, 0.25) is 0 Å². The summed E-state index contributed by atoms with van der Waals surface area (Å²) in [6, 6.07) is 8.71. The lowest BCUT2D eigenvalue weighted by molar-refractivity contribution is -0.140. The number of carbonyl (C=O) groups excluding carboxylic acids is 1. The molecule has 0 saturated heterocycles. The molecule has 1 saturated carbocycles. The first kappa shape index (κ1) is 12.0. The van der Waals surface area contributed by atoms with Crippen molar-refractivity contribution in [3.63, 3.8) is 0 Å². The van der Waals surface area contributed by atoms with Crippen LogP contribution >= 0.6 is 0 Å². The fourth-order valence-electron chi connectivity index (χ4n) is 2.17. The van der Waals surface area contributed by atoms with Crippen LogP contribution in [0.4, 0.5) is 14.5 Å². The van der Waals surface area contributed by atoms with Gasteiger partial charge in [-0.1, -0.05) is 24.6 Å². The van der Waals surface area contributed by atoms with Gasteiger partial charge in [0.15, 0.2) is 0 Å². The van der Waals surface area contributed by atoms with E-state index in [0.717, 1.165) is 0 Å². The van der Waals surface area contributed by atoms with Crippen LogP contribution in [0.1, 0.15) is 25.7 Å². The average molecular weight is 239 g/mol. The highest BCUT2D eigenvalue weighted by molar-refractivity contribution is 5.93. The third kappa shape index (κ3) is 2.81. The molecule has 1 fully saturated rings. The van der Waals surface area contributed by atoms with E-state index in [2.05, 4.69) is 5.32 Å². The minimum Gasteiger partial charge on any atom is -0.326 e. The Kier molecular flexibility index (Phi) is 3.41. The molecule has 92 valence electrons. The van der Waals surface area contributed by atoms with Crippen molar-refractivity contribution >= 4 is 11.6 Å². The molecular formula is C13H15F2NO. The summed E-state index contributed by atoms with van der Waals surface area (Å²) < 4.78 is 27.1. The molecule has 0 bridgehead atoms. The van der Waals surface area contributed by atoms with Crippen molar-refractivity contribution < 1.29 is 13.6 Å². The van der Waals surface area contributed by atoms with E-state index in [1.165, 1.54) is 0 Å². The Bertz CT molecular complexity index is 392. The third-order valence-corrected chi connectivity index (χ3v) is 3.12. The maximum Gasteiger partial charge on any atom is 0.259 e. The van der Waals surface area contributed by atoms with E-state index < -0.39 is 17.7 Å². The Morgan fingerprint density at radius 1 is 1.24 bits per heavy atom. The van der Waals surface area contributed by atoms with Gasteiger partial charge in [-0.25, -0.2) is 8.78 Å². The van der Waals surface area contributed by atoms with E-state index in [1.807, 2.05) is 6.07 Å². The zero-order valence-electron chi connectivity index (χ0n) is 9.46. The SMILES string of the molecule is O=C(Nc1ccccc1)C1CCCCC1(F)F. The van der Waals surface area contributed by atoms with Crippen molar-refractivity contribution in [2.24, 2.45) is 5.92 Å². The molecule has 1 unspecified atom stereocenters. The quantitative estimate of drug-likeness (QED) is 0.841. The summed E-state index contributed by atoms with van der Waals surface area (Å²) in [7, 11) is 0. The second-order valence-corrected chi connectivity index (χ2v) is 4.41. The Hall–Kier alpha value is -1.45. The van der Waals surface area contributed by atoms with Gasteiger partial charge in [0, 0.05) is 12.1 Å². The van der Waals surface area contributed by atoms with Gasteiger partial charge in [0.2, 0.25) is 5.91 Å². The molecule has 1 atom stereocenters. The van der Waals surface area contributed by atoms with Gasteiger partial charge in [0.1, 0.15) is 5.92 Å². The molecule has 17 heavy (non-hydrogen) atoms. The van der Waals surface area contributed by atoms with Crippen molar-refractivity contribution in [2.75, 3.05) is 5.32 Å². The summed E-state index contributed by atoms with van der Waals surface area (Å²) in [5, 5.41) is 2.55. The maximum absolute atomic E-state index is 13.6. The van der Waals surface area contributed by atoms with Crippen LogP contribution in [0.15, 0.2) is 30.3 Å². The predicted octanol–water partition coefficient (Wildman–Crippen LogP) is 3.45. The summed E-state index contributed by atoms with van der Waals surface area (Å²) >= 11 is 0. The minimum absolute atomic E-state index is 0.181. The molecule has 1 amide bonds. The molecule has 0 radical (unpaired) electrons. The number of amides is 1. The van der Waals surface area contributed by atoms with Gasteiger partial charge < -0.3 is 5.32 Å². The first-order chi connectivity index (χ1) is 8.09. The molecule has 4 heteroatoms. The van der Waals surface area contributed by atoms with Gasteiger partial charge in [0.05, 0.1) is 0 Å². The monoisotopic (exact) mass is 239 g/mol. The minimum atomic E-state index is -2.86. The predicted molar refractivity (Wildman–Crippen MR) is 62.0 cm³/mol. The van der Waals surface area contributed by atoms with Gasteiger partial charge in [-0.2, -0.15) is 0 Å². The van der Waals surface area contributed by atoms with Gasteiger partial charge in [-0.3, -0.25) is 4.79 Å². The van der Waals surface area contributed by atoms with E-state index in [0.29, 0.717) is 18.5 Å². The van der Waals surface area contributed by atoms with Crippen molar-refractivity contribution in [3.05, 3.63) is 30.3 Å². The lowest BCUT2D eigenvalue weighted by Crippen LogP contribution is -2.40. The number of para-hydroxylation sites is 1. The second kappa shape index (κ2) is 4.82. The highest BCUT2D eigenvalue weighted by Crippen LogP contribution is 2.38. The molecule has 1 aliphatic carbocycles. The van der Waals surface area contributed by atoms with Gasteiger partial charge in [0.25, 0.3) is 5.92 Å². The molecule has 1 aromatic carbocycles. The number of rotatable bonds is 2. The van der Waals surface area contributed by atoms with E-state index in [1.54, 1.807) is 24.3 Å². The third-order valence-electron chi connectivity index (χ3n) is 3.12. The normalized spacial score (nSPS) is 23.1. The number of anilines is 1. The summed E-state index contributed by atoms with van der Waals surface area (Å²) in [4.78, 5) is 11.8. The molecule has 1 N–H and O–H groups in total. The Morgan fingerprint density at radius 3 is 2.59 bits per heavy atom. The Balaban J connectivity index is 2.04. The Morgan fingerprint density at radius 2 is 1.94 bits per heavy atom. The largest absolute Gasteiger partial charge is 0.326 e. The fourth-order valence-corrected chi connectivity index (χ4v) is 2.17. The molecule has 2 rings (SSSR count). The van der Waals surface area contributed by atoms with Crippen LogP contribution in [0, 0.1) is 5.92 Å². The fraction of sp³-hybridized carbons (Fsp3) is 0.462. The van der Waals surface area contributed by atoms with E-state index in [4.69, 9.17) is 0 Å². The number of halogens is 2. The number of hydrogen-bond acceptors (Lipinski definition) is 1. The molecule has 0 aromatic heterocycles. The highest BCUT2D eigenvalue weighted by atomic mass is 19.3. The van der Waals surface area contributed by atoms with E-state index in [-0.39, 0.29) is 12.8 Å². The summed E-state index contributed by atoms with van der Waals surface area (Å²) in [6.07, 6.45) is 1.29. The van der Waals surface area contributed by atoms with Crippen molar-refractivity contribution in [1.29, 1.82) is 0 Å². The average Bonchev–Trinajstić information content (AvgIpc) is 2.29. The van der Waals surface area contributed by atoms with Gasteiger partial charge in [-0.05, 0) is 25.0 Å².